The molecule has 0 amide bonds. The molecule has 1 aliphatic heterocycles. The van der Waals surface area contributed by atoms with Gasteiger partial charge in [-0.05, 0) is 49.7 Å². The van der Waals surface area contributed by atoms with Gasteiger partial charge in [0.25, 0.3) is 0 Å². The quantitative estimate of drug-likeness (QED) is 0.856. The molecule has 1 heterocycles. The Morgan fingerprint density at radius 3 is 2.74 bits per heavy atom. The van der Waals surface area contributed by atoms with Gasteiger partial charge in [0.05, 0.1) is 0 Å². The summed E-state index contributed by atoms with van der Waals surface area (Å²) in [4.78, 5) is 2.31. The van der Waals surface area contributed by atoms with Crippen molar-refractivity contribution in [3.05, 3.63) is 23.8 Å². The first kappa shape index (κ1) is 14.2. The van der Waals surface area contributed by atoms with Gasteiger partial charge in [-0.1, -0.05) is 19.9 Å². The molecular weight excluding hydrogens is 240 g/mol. The molecule has 0 spiro atoms. The van der Waals surface area contributed by atoms with Crippen LogP contribution in [0.4, 0.5) is 0 Å². The number of nitrogens with two attached hydrogens (primary N) is 1. The molecule has 19 heavy (non-hydrogen) atoms. The number of nitrogens with zero attached hydrogens (tertiary/aromatic N) is 1. The SMILES string of the molecule is CN(CCC(C)(C)CN)Cc1ccc2c(c1)OCO2. The number of rotatable bonds is 6. The topological polar surface area (TPSA) is 47.7 Å². The molecule has 2 N–H and O–H groups in total. The molecule has 0 radical (unpaired) electrons. The third-order valence-electron chi connectivity index (χ3n) is 3.61. The Kier molecular flexibility index (Phi) is 4.32. The smallest absolute Gasteiger partial charge is 0.231 e. The van der Waals surface area contributed by atoms with E-state index in [1.165, 1.54) is 5.56 Å². The Morgan fingerprint density at radius 2 is 2.00 bits per heavy atom. The van der Waals surface area contributed by atoms with Gasteiger partial charge in [-0.25, -0.2) is 0 Å². The summed E-state index contributed by atoms with van der Waals surface area (Å²) >= 11 is 0. The van der Waals surface area contributed by atoms with Crippen LogP contribution in [0.3, 0.4) is 0 Å². The van der Waals surface area contributed by atoms with Gasteiger partial charge in [0.1, 0.15) is 0 Å². The van der Waals surface area contributed by atoms with Crippen molar-refractivity contribution in [3.63, 3.8) is 0 Å². The molecule has 0 atom stereocenters. The van der Waals surface area contributed by atoms with Crippen LogP contribution in [0.2, 0.25) is 0 Å². The first-order valence-electron chi connectivity index (χ1n) is 6.77. The predicted molar refractivity (Wildman–Crippen MR) is 76.4 cm³/mol. The molecule has 106 valence electrons. The van der Waals surface area contributed by atoms with Crippen molar-refractivity contribution in [2.45, 2.75) is 26.8 Å². The van der Waals surface area contributed by atoms with Crippen molar-refractivity contribution in [2.24, 2.45) is 11.1 Å². The maximum absolute atomic E-state index is 5.76. The second-order valence-electron chi connectivity index (χ2n) is 6.04. The van der Waals surface area contributed by atoms with Crippen LogP contribution in [-0.2, 0) is 6.54 Å². The molecule has 4 heteroatoms. The lowest BCUT2D eigenvalue weighted by Crippen LogP contribution is -2.29. The molecule has 1 aliphatic rings. The lowest BCUT2D eigenvalue weighted by atomic mass is 9.89. The molecule has 0 aliphatic carbocycles. The van der Waals surface area contributed by atoms with Crippen LogP contribution >= 0.6 is 0 Å². The van der Waals surface area contributed by atoms with Crippen LogP contribution in [0, 0.1) is 5.41 Å². The molecule has 1 aromatic carbocycles. The fourth-order valence-electron chi connectivity index (χ4n) is 2.03. The average molecular weight is 264 g/mol. The van der Waals surface area contributed by atoms with Gasteiger partial charge in [-0.2, -0.15) is 0 Å². The van der Waals surface area contributed by atoms with Crippen LogP contribution in [0.15, 0.2) is 18.2 Å². The van der Waals surface area contributed by atoms with E-state index in [0.717, 1.165) is 37.6 Å². The van der Waals surface area contributed by atoms with E-state index >= 15 is 0 Å². The molecule has 0 saturated carbocycles. The lowest BCUT2D eigenvalue weighted by Gasteiger charge is -2.26. The number of fused-ring (bicyclic) bond motifs is 1. The maximum atomic E-state index is 5.76. The van der Waals surface area contributed by atoms with E-state index in [1.54, 1.807) is 0 Å². The molecule has 1 aromatic rings. The fourth-order valence-corrected chi connectivity index (χ4v) is 2.03. The minimum Gasteiger partial charge on any atom is -0.454 e. The highest BCUT2D eigenvalue weighted by molar-refractivity contribution is 5.44. The van der Waals surface area contributed by atoms with Crippen LogP contribution < -0.4 is 15.2 Å². The Hall–Kier alpha value is -1.26. The Balaban J connectivity index is 1.87. The van der Waals surface area contributed by atoms with E-state index in [1.807, 2.05) is 6.07 Å². The largest absolute Gasteiger partial charge is 0.454 e. The van der Waals surface area contributed by atoms with Gasteiger partial charge < -0.3 is 20.1 Å². The zero-order valence-electron chi connectivity index (χ0n) is 12.1. The number of hydrogen-bond donors (Lipinski definition) is 1. The predicted octanol–water partition coefficient (Wildman–Crippen LogP) is 2.22. The third-order valence-corrected chi connectivity index (χ3v) is 3.61. The van der Waals surface area contributed by atoms with Gasteiger partial charge >= 0.3 is 0 Å². The normalized spacial score (nSPS) is 14.2. The Morgan fingerprint density at radius 1 is 1.26 bits per heavy atom. The summed E-state index contributed by atoms with van der Waals surface area (Å²) in [6, 6.07) is 6.14. The van der Waals surface area contributed by atoms with Crippen molar-refractivity contribution in [3.8, 4) is 11.5 Å². The van der Waals surface area contributed by atoms with Crippen molar-refractivity contribution in [1.29, 1.82) is 0 Å². The van der Waals surface area contributed by atoms with Crippen LogP contribution in [0.5, 0.6) is 11.5 Å². The zero-order valence-corrected chi connectivity index (χ0v) is 12.1. The summed E-state index contributed by atoms with van der Waals surface area (Å²) in [6.45, 7) is 7.43. The first-order valence-corrected chi connectivity index (χ1v) is 6.77. The van der Waals surface area contributed by atoms with Gasteiger partial charge in [0.2, 0.25) is 6.79 Å². The molecule has 0 saturated heterocycles. The average Bonchev–Trinajstić information content (AvgIpc) is 2.84. The van der Waals surface area contributed by atoms with Crippen molar-refractivity contribution >= 4 is 0 Å². The summed E-state index contributed by atoms with van der Waals surface area (Å²) < 4.78 is 10.7. The summed E-state index contributed by atoms with van der Waals surface area (Å²) in [6.07, 6.45) is 1.10. The molecular formula is C15H24N2O2. The summed E-state index contributed by atoms with van der Waals surface area (Å²) in [7, 11) is 2.14. The second kappa shape index (κ2) is 5.80. The van der Waals surface area contributed by atoms with Crippen molar-refractivity contribution in [1.82, 2.24) is 4.90 Å². The lowest BCUT2D eigenvalue weighted by molar-refractivity contribution is 0.174. The van der Waals surface area contributed by atoms with Crippen LogP contribution in [0.25, 0.3) is 0 Å². The second-order valence-corrected chi connectivity index (χ2v) is 6.04. The van der Waals surface area contributed by atoms with Gasteiger partial charge in [0, 0.05) is 6.54 Å². The standard InChI is InChI=1S/C15H24N2O2/c1-15(2,10-16)6-7-17(3)9-12-4-5-13-14(8-12)19-11-18-13/h4-5,8H,6-7,9-11,16H2,1-3H3. The molecule has 0 fully saturated rings. The van der Waals surface area contributed by atoms with Gasteiger partial charge in [0.15, 0.2) is 11.5 Å². The highest BCUT2D eigenvalue weighted by Gasteiger charge is 2.17. The van der Waals surface area contributed by atoms with Crippen molar-refractivity contribution < 1.29 is 9.47 Å². The Labute approximate surface area is 115 Å². The Bertz CT molecular complexity index is 432. The number of benzene rings is 1. The van der Waals surface area contributed by atoms with Gasteiger partial charge in [-0.15, -0.1) is 0 Å². The van der Waals surface area contributed by atoms with E-state index in [-0.39, 0.29) is 5.41 Å². The minimum atomic E-state index is 0.211. The van der Waals surface area contributed by atoms with Crippen LogP contribution in [0.1, 0.15) is 25.8 Å². The molecule has 2 rings (SSSR count). The fraction of sp³-hybridized carbons (Fsp3) is 0.600. The van der Waals surface area contributed by atoms with E-state index in [9.17, 15) is 0 Å². The zero-order chi connectivity index (χ0) is 13.9. The summed E-state index contributed by atoms with van der Waals surface area (Å²) in [5, 5.41) is 0. The van der Waals surface area contributed by atoms with Crippen molar-refractivity contribution in [2.75, 3.05) is 26.9 Å². The summed E-state index contributed by atoms with van der Waals surface area (Å²) in [5.74, 6) is 1.70. The van der Waals surface area contributed by atoms with E-state index in [0.29, 0.717) is 6.79 Å². The summed E-state index contributed by atoms with van der Waals surface area (Å²) in [5.41, 5.74) is 7.22. The highest BCUT2D eigenvalue weighted by Crippen LogP contribution is 2.32. The number of ether oxygens (including phenoxy) is 2. The van der Waals surface area contributed by atoms with E-state index < -0.39 is 0 Å². The third kappa shape index (κ3) is 3.85. The van der Waals surface area contributed by atoms with Crippen LogP contribution in [-0.4, -0.2) is 31.8 Å². The molecule has 0 aromatic heterocycles. The van der Waals surface area contributed by atoms with E-state index in [2.05, 4.69) is 37.9 Å². The monoisotopic (exact) mass is 264 g/mol. The molecule has 4 nitrogen and oxygen atoms in total. The highest BCUT2D eigenvalue weighted by atomic mass is 16.7. The minimum absolute atomic E-state index is 0.211. The first-order chi connectivity index (χ1) is 9.00. The van der Waals surface area contributed by atoms with Gasteiger partial charge in [-0.3, -0.25) is 0 Å². The molecule has 0 unspecified atom stereocenters. The number of hydrogen-bond acceptors (Lipinski definition) is 4. The maximum Gasteiger partial charge on any atom is 0.231 e. The van der Waals surface area contributed by atoms with E-state index in [4.69, 9.17) is 15.2 Å². The molecule has 0 bridgehead atoms.